The first-order valence-electron chi connectivity index (χ1n) is 8.03. The molecule has 0 aliphatic heterocycles. The van der Waals surface area contributed by atoms with E-state index in [2.05, 4.69) is 61.6 Å². The molecule has 0 atom stereocenters. The summed E-state index contributed by atoms with van der Waals surface area (Å²) >= 11 is 0. The molecule has 1 fully saturated rings. The van der Waals surface area contributed by atoms with Crippen molar-refractivity contribution in [3.63, 3.8) is 0 Å². The van der Waals surface area contributed by atoms with Crippen molar-refractivity contribution >= 4 is 11.0 Å². The maximum Gasteiger partial charge on any atom is 0.135 e. The van der Waals surface area contributed by atoms with E-state index in [4.69, 9.17) is 4.42 Å². The van der Waals surface area contributed by atoms with E-state index in [1.54, 1.807) is 0 Å². The average molecular weight is 291 g/mol. The normalized spacial score (nSPS) is 14.6. The Hall–Kier alpha value is -2.06. The number of nitrogens with one attached hydrogen (secondary N) is 1. The predicted octanol–water partition coefficient (Wildman–Crippen LogP) is 4.97. The first-order chi connectivity index (χ1) is 10.7. The molecule has 1 aromatic heterocycles. The molecule has 0 amide bonds. The van der Waals surface area contributed by atoms with Crippen LogP contribution < -0.4 is 5.32 Å². The van der Waals surface area contributed by atoms with Gasteiger partial charge >= 0.3 is 0 Å². The van der Waals surface area contributed by atoms with Crippen LogP contribution in [0.2, 0.25) is 0 Å². The van der Waals surface area contributed by atoms with Gasteiger partial charge in [-0.25, -0.2) is 0 Å². The second-order valence-electron chi connectivity index (χ2n) is 6.42. The minimum atomic E-state index is 0.681. The third-order valence-electron chi connectivity index (χ3n) is 4.39. The van der Waals surface area contributed by atoms with Crippen LogP contribution in [0.5, 0.6) is 0 Å². The second-order valence-corrected chi connectivity index (χ2v) is 6.42. The molecule has 2 heteroatoms. The van der Waals surface area contributed by atoms with Crippen LogP contribution >= 0.6 is 0 Å². The molecule has 1 aliphatic carbocycles. The third-order valence-corrected chi connectivity index (χ3v) is 4.39. The minimum Gasteiger partial charge on any atom is -0.459 e. The van der Waals surface area contributed by atoms with E-state index in [-0.39, 0.29) is 0 Å². The second kappa shape index (κ2) is 5.29. The molecule has 1 saturated carbocycles. The zero-order chi connectivity index (χ0) is 15.1. The summed E-state index contributed by atoms with van der Waals surface area (Å²) in [5, 5.41) is 4.80. The van der Waals surface area contributed by atoms with E-state index in [9.17, 15) is 0 Å². The minimum absolute atomic E-state index is 0.681. The van der Waals surface area contributed by atoms with Gasteiger partial charge in [0, 0.05) is 17.0 Å². The molecule has 0 radical (unpaired) electrons. The Morgan fingerprint density at radius 3 is 2.45 bits per heavy atom. The van der Waals surface area contributed by atoms with Crippen molar-refractivity contribution in [3.8, 4) is 11.1 Å². The number of fused-ring (bicyclic) bond motifs is 1. The molecule has 22 heavy (non-hydrogen) atoms. The highest BCUT2D eigenvalue weighted by atomic mass is 16.3. The highest BCUT2D eigenvalue weighted by Gasteiger charge is 2.22. The van der Waals surface area contributed by atoms with Crippen LogP contribution in [0.25, 0.3) is 22.1 Å². The van der Waals surface area contributed by atoms with Crippen molar-refractivity contribution in [2.45, 2.75) is 39.3 Å². The van der Waals surface area contributed by atoms with E-state index < -0.39 is 0 Å². The lowest BCUT2D eigenvalue weighted by Gasteiger charge is -2.05. The van der Waals surface area contributed by atoms with E-state index in [0.717, 1.165) is 17.9 Å². The quantitative estimate of drug-likeness (QED) is 0.734. The molecule has 0 bridgehead atoms. The zero-order valence-corrected chi connectivity index (χ0v) is 13.1. The lowest BCUT2D eigenvalue weighted by atomic mass is 10.00. The molecule has 112 valence electrons. The number of furan rings is 1. The Bertz CT molecular complexity index is 810. The SMILES string of the molecule is Cc1ccc(-c2c(CNC3CC3)oc3ccc(C)cc23)cc1. The summed E-state index contributed by atoms with van der Waals surface area (Å²) in [6.45, 7) is 5.06. The van der Waals surface area contributed by atoms with E-state index in [0.29, 0.717) is 6.04 Å². The molecule has 1 aliphatic rings. The van der Waals surface area contributed by atoms with Crippen LogP contribution in [0, 0.1) is 13.8 Å². The van der Waals surface area contributed by atoms with Crippen molar-refractivity contribution in [1.29, 1.82) is 0 Å². The van der Waals surface area contributed by atoms with Crippen LogP contribution in [0.1, 0.15) is 29.7 Å². The molecular weight excluding hydrogens is 270 g/mol. The molecule has 1 heterocycles. The number of hydrogen-bond donors (Lipinski definition) is 1. The van der Waals surface area contributed by atoms with Gasteiger partial charge in [0.1, 0.15) is 11.3 Å². The molecular formula is C20H21NO. The molecule has 2 nitrogen and oxygen atoms in total. The van der Waals surface area contributed by atoms with Crippen LogP contribution in [0.4, 0.5) is 0 Å². The molecule has 1 N–H and O–H groups in total. The van der Waals surface area contributed by atoms with Crippen LogP contribution in [-0.2, 0) is 6.54 Å². The van der Waals surface area contributed by atoms with Gasteiger partial charge in [0.05, 0.1) is 6.54 Å². The Balaban J connectivity index is 1.85. The predicted molar refractivity (Wildman–Crippen MR) is 91.0 cm³/mol. The molecule has 2 aromatic carbocycles. The third kappa shape index (κ3) is 2.55. The van der Waals surface area contributed by atoms with Crippen molar-refractivity contribution < 1.29 is 4.42 Å². The Morgan fingerprint density at radius 1 is 1.00 bits per heavy atom. The highest BCUT2D eigenvalue weighted by Crippen LogP contribution is 2.36. The van der Waals surface area contributed by atoms with Crippen molar-refractivity contribution in [2.24, 2.45) is 0 Å². The highest BCUT2D eigenvalue weighted by molar-refractivity contribution is 5.96. The summed E-state index contributed by atoms with van der Waals surface area (Å²) in [5.74, 6) is 1.05. The summed E-state index contributed by atoms with van der Waals surface area (Å²) in [7, 11) is 0. The van der Waals surface area contributed by atoms with Crippen LogP contribution in [-0.4, -0.2) is 6.04 Å². The molecule has 0 saturated heterocycles. The number of benzene rings is 2. The maximum absolute atomic E-state index is 6.15. The molecule has 4 rings (SSSR count). The first-order valence-corrected chi connectivity index (χ1v) is 8.03. The van der Waals surface area contributed by atoms with Gasteiger partial charge in [-0.3, -0.25) is 0 Å². The number of aryl methyl sites for hydroxylation is 2. The van der Waals surface area contributed by atoms with Crippen LogP contribution in [0.15, 0.2) is 46.9 Å². The average Bonchev–Trinajstić information content (AvgIpc) is 3.27. The summed E-state index contributed by atoms with van der Waals surface area (Å²) in [5.41, 5.74) is 6.01. The molecule has 0 unspecified atom stereocenters. The first kappa shape index (κ1) is 13.6. The molecule has 0 spiro atoms. The van der Waals surface area contributed by atoms with Crippen molar-refractivity contribution in [2.75, 3.05) is 0 Å². The van der Waals surface area contributed by atoms with E-state index >= 15 is 0 Å². The summed E-state index contributed by atoms with van der Waals surface area (Å²) in [6, 6.07) is 15.8. The summed E-state index contributed by atoms with van der Waals surface area (Å²) < 4.78 is 6.15. The van der Waals surface area contributed by atoms with Gasteiger partial charge in [-0.05, 0) is 44.4 Å². The van der Waals surface area contributed by atoms with Gasteiger partial charge < -0.3 is 9.73 Å². The lowest BCUT2D eigenvalue weighted by Crippen LogP contribution is -2.15. The maximum atomic E-state index is 6.15. The fourth-order valence-corrected chi connectivity index (χ4v) is 2.95. The standard InChI is InChI=1S/C20H21NO/c1-13-3-6-15(7-4-13)20-17-11-14(2)5-10-18(17)22-19(20)12-21-16-8-9-16/h3-7,10-11,16,21H,8-9,12H2,1-2H3. The van der Waals surface area contributed by atoms with Gasteiger partial charge in [0.2, 0.25) is 0 Å². The van der Waals surface area contributed by atoms with Gasteiger partial charge in [-0.2, -0.15) is 0 Å². The topological polar surface area (TPSA) is 25.2 Å². The van der Waals surface area contributed by atoms with Crippen LogP contribution in [0.3, 0.4) is 0 Å². The van der Waals surface area contributed by atoms with Crippen molar-refractivity contribution in [1.82, 2.24) is 5.32 Å². The van der Waals surface area contributed by atoms with Gasteiger partial charge in [-0.15, -0.1) is 0 Å². The fraction of sp³-hybridized carbons (Fsp3) is 0.300. The Kier molecular flexibility index (Phi) is 3.27. The van der Waals surface area contributed by atoms with E-state index in [1.165, 1.54) is 40.5 Å². The van der Waals surface area contributed by atoms with Gasteiger partial charge in [0.15, 0.2) is 0 Å². The van der Waals surface area contributed by atoms with Crippen molar-refractivity contribution in [3.05, 3.63) is 59.4 Å². The number of rotatable bonds is 4. The molecule has 3 aromatic rings. The van der Waals surface area contributed by atoms with Gasteiger partial charge in [0.25, 0.3) is 0 Å². The van der Waals surface area contributed by atoms with E-state index in [1.807, 2.05) is 0 Å². The van der Waals surface area contributed by atoms with Gasteiger partial charge in [-0.1, -0.05) is 41.5 Å². The monoisotopic (exact) mass is 291 g/mol. The Morgan fingerprint density at radius 2 is 1.73 bits per heavy atom. The summed E-state index contributed by atoms with van der Waals surface area (Å²) in [4.78, 5) is 0. The fourth-order valence-electron chi connectivity index (χ4n) is 2.95. The zero-order valence-electron chi connectivity index (χ0n) is 13.1. The number of hydrogen-bond acceptors (Lipinski definition) is 2. The lowest BCUT2D eigenvalue weighted by molar-refractivity contribution is 0.514. The smallest absolute Gasteiger partial charge is 0.135 e. The largest absolute Gasteiger partial charge is 0.459 e. The summed E-state index contributed by atoms with van der Waals surface area (Å²) in [6.07, 6.45) is 2.58. The Labute approximate surface area is 131 Å².